The third-order valence-corrected chi connectivity index (χ3v) is 7.57. The molecule has 0 amide bonds. The van der Waals surface area contributed by atoms with Crippen molar-refractivity contribution in [3.05, 3.63) is 46.6 Å². The van der Waals surface area contributed by atoms with Crippen LogP contribution in [0, 0.1) is 11.3 Å². The molecule has 0 saturated carbocycles. The van der Waals surface area contributed by atoms with Gasteiger partial charge in [0, 0.05) is 10.4 Å². The highest BCUT2D eigenvalue weighted by molar-refractivity contribution is 7.19. The van der Waals surface area contributed by atoms with Crippen molar-refractivity contribution >= 4 is 33.6 Å². The lowest BCUT2D eigenvalue weighted by molar-refractivity contribution is 0.184. The fourth-order valence-electron chi connectivity index (χ4n) is 4.08. The summed E-state index contributed by atoms with van der Waals surface area (Å²) in [5.74, 6) is 2.26. The van der Waals surface area contributed by atoms with Gasteiger partial charge in [-0.25, -0.2) is 9.97 Å². The number of rotatable bonds is 6. The van der Waals surface area contributed by atoms with Crippen molar-refractivity contribution in [1.29, 1.82) is 0 Å². The molecule has 2 aromatic heterocycles. The maximum atomic E-state index is 5.39. The monoisotopic (exact) mass is 408 g/mol. The Morgan fingerprint density at radius 2 is 2.14 bits per heavy atom. The highest BCUT2D eigenvalue weighted by Crippen LogP contribution is 2.45. The number of fused-ring (bicyclic) bond motifs is 3. The van der Waals surface area contributed by atoms with Gasteiger partial charge in [0.2, 0.25) is 0 Å². The van der Waals surface area contributed by atoms with E-state index in [0.29, 0.717) is 11.3 Å². The lowest BCUT2D eigenvalue weighted by Crippen LogP contribution is -2.28. The van der Waals surface area contributed by atoms with E-state index >= 15 is 0 Å². The molecular formula is C23H28N4OS. The molecule has 1 aromatic carbocycles. The van der Waals surface area contributed by atoms with Gasteiger partial charge in [-0.15, -0.1) is 11.3 Å². The van der Waals surface area contributed by atoms with Crippen LogP contribution in [0.3, 0.4) is 0 Å². The third-order valence-electron chi connectivity index (χ3n) is 6.37. The van der Waals surface area contributed by atoms with Crippen molar-refractivity contribution in [3.8, 4) is 5.75 Å². The smallest absolute Gasteiger partial charge is 0.158 e. The van der Waals surface area contributed by atoms with Crippen LogP contribution in [0.5, 0.6) is 5.75 Å². The summed E-state index contributed by atoms with van der Waals surface area (Å²) in [4.78, 5) is 11.6. The zero-order valence-electron chi connectivity index (χ0n) is 17.5. The first-order valence-electron chi connectivity index (χ1n) is 10.2. The molecule has 29 heavy (non-hydrogen) atoms. The normalized spacial score (nSPS) is 16.9. The van der Waals surface area contributed by atoms with Gasteiger partial charge in [-0.05, 0) is 48.3 Å². The summed E-state index contributed by atoms with van der Waals surface area (Å²) < 4.78 is 5.39. The molecule has 0 spiro atoms. The maximum Gasteiger partial charge on any atom is 0.158 e. The number of para-hydroxylation sites is 1. The lowest BCUT2D eigenvalue weighted by atomic mass is 9.69. The summed E-state index contributed by atoms with van der Waals surface area (Å²) in [6.45, 7) is 7.08. The Morgan fingerprint density at radius 3 is 2.93 bits per heavy atom. The number of ether oxygens (including phenoxy) is 1. The quantitative estimate of drug-likeness (QED) is 0.421. The summed E-state index contributed by atoms with van der Waals surface area (Å²) in [7, 11) is 1.67. The number of benzene rings is 1. The van der Waals surface area contributed by atoms with Crippen LogP contribution in [0.4, 0.5) is 5.82 Å². The van der Waals surface area contributed by atoms with Crippen LogP contribution in [0.2, 0.25) is 0 Å². The van der Waals surface area contributed by atoms with Crippen molar-refractivity contribution < 1.29 is 4.74 Å². The minimum Gasteiger partial charge on any atom is -0.496 e. The molecule has 1 aliphatic rings. The average molecular weight is 409 g/mol. The van der Waals surface area contributed by atoms with Gasteiger partial charge in [-0.2, -0.15) is 5.10 Å². The summed E-state index contributed by atoms with van der Waals surface area (Å²) in [5, 5.41) is 5.58. The molecule has 0 fully saturated rings. The van der Waals surface area contributed by atoms with E-state index in [-0.39, 0.29) is 0 Å². The number of anilines is 1. The van der Waals surface area contributed by atoms with Gasteiger partial charge >= 0.3 is 0 Å². The first-order chi connectivity index (χ1) is 14.0. The highest BCUT2D eigenvalue weighted by atomic mass is 32.1. The molecule has 1 atom stereocenters. The molecule has 0 bridgehead atoms. The van der Waals surface area contributed by atoms with Crippen LogP contribution in [-0.4, -0.2) is 23.3 Å². The molecule has 0 radical (unpaired) electrons. The first-order valence-corrected chi connectivity index (χ1v) is 11.0. The zero-order valence-corrected chi connectivity index (χ0v) is 18.3. The topological polar surface area (TPSA) is 59.4 Å². The average Bonchev–Trinajstić information content (AvgIpc) is 3.12. The maximum absolute atomic E-state index is 5.39. The first kappa shape index (κ1) is 19.8. The summed E-state index contributed by atoms with van der Waals surface area (Å²) in [5.41, 5.74) is 5.84. The van der Waals surface area contributed by atoms with E-state index in [1.807, 2.05) is 35.6 Å². The molecule has 0 saturated heterocycles. The number of aryl methyl sites for hydroxylation is 1. The fraction of sp³-hybridized carbons (Fsp3) is 0.435. The van der Waals surface area contributed by atoms with Crippen LogP contribution in [0.1, 0.15) is 49.6 Å². The molecule has 0 aliphatic heterocycles. The Labute approximate surface area is 176 Å². The van der Waals surface area contributed by atoms with Gasteiger partial charge in [0.1, 0.15) is 16.9 Å². The number of thiophene rings is 1. The summed E-state index contributed by atoms with van der Waals surface area (Å²) >= 11 is 1.81. The van der Waals surface area contributed by atoms with Crippen molar-refractivity contribution in [2.45, 2.75) is 46.5 Å². The van der Waals surface area contributed by atoms with Gasteiger partial charge in [0.05, 0.1) is 18.7 Å². The molecule has 6 heteroatoms. The number of aromatic nitrogens is 2. The number of nitrogens with one attached hydrogen (secondary N) is 1. The third kappa shape index (κ3) is 3.86. The zero-order chi connectivity index (χ0) is 20.4. The van der Waals surface area contributed by atoms with Crippen molar-refractivity contribution in [3.63, 3.8) is 0 Å². The van der Waals surface area contributed by atoms with Crippen LogP contribution < -0.4 is 10.2 Å². The van der Waals surface area contributed by atoms with Crippen molar-refractivity contribution in [2.75, 3.05) is 12.5 Å². The van der Waals surface area contributed by atoms with Gasteiger partial charge in [-0.1, -0.05) is 39.3 Å². The molecule has 152 valence electrons. The van der Waals surface area contributed by atoms with Crippen LogP contribution in [-0.2, 0) is 12.8 Å². The van der Waals surface area contributed by atoms with Crippen LogP contribution in [0.25, 0.3) is 10.2 Å². The fourth-order valence-corrected chi connectivity index (χ4v) is 5.27. The molecule has 4 rings (SSSR count). The highest BCUT2D eigenvalue weighted by Gasteiger charge is 2.33. The van der Waals surface area contributed by atoms with E-state index in [0.717, 1.165) is 40.2 Å². The lowest BCUT2D eigenvalue weighted by Gasteiger charge is -2.36. The van der Waals surface area contributed by atoms with Gasteiger partial charge in [-0.3, -0.25) is 5.43 Å². The second kappa shape index (κ2) is 8.11. The Bertz CT molecular complexity index is 1040. The summed E-state index contributed by atoms with van der Waals surface area (Å²) in [6, 6.07) is 7.82. The number of hydrogen-bond acceptors (Lipinski definition) is 6. The number of methoxy groups -OCH3 is 1. The van der Waals surface area contributed by atoms with E-state index in [2.05, 4.69) is 41.3 Å². The van der Waals surface area contributed by atoms with Crippen LogP contribution in [0.15, 0.2) is 35.7 Å². The van der Waals surface area contributed by atoms with E-state index in [1.165, 1.54) is 23.3 Å². The molecule has 1 aliphatic carbocycles. The SMILES string of the molecule is CCC(C)(C)C1CCc2sc3ncnc(N/N=C\c4ccccc4OC)c3c2C1. The summed E-state index contributed by atoms with van der Waals surface area (Å²) in [6.07, 6.45) is 8.07. The molecule has 5 nitrogen and oxygen atoms in total. The van der Waals surface area contributed by atoms with Gasteiger partial charge in [0.25, 0.3) is 0 Å². The predicted molar refractivity (Wildman–Crippen MR) is 121 cm³/mol. The Kier molecular flexibility index (Phi) is 5.54. The van der Waals surface area contributed by atoms with E-state index < -0.39 is 0 Å². The standard InChI is InChI=1S/C23H28N4OS/c1-5-23(2,3)16-10-11-19-17(12-16)20-21(24-14-25-22(20)29-19)27-26-13-15-8-6-7-9-18(15)28-4/h6-9,13-14,16H,5,10-12H2,1-4H3,(H,24,25,27)/b26-13-. The minimum atomic E-state index is 0.344. The molecule has 1 unspecified atom stereocenters. The number of hydrogen-bond donors (Lipinski definition) is 1. The number of nitrogens with zero attached hydrogens (tertiary/aromatic N) is 3. The number of hydrazone groups is 1. The molecule has 3 aromatic rings. The largest absolute Gasteiger partial charge is 0.496 e. The van der Waals surface area contributed by atoms with Crippen molar-refractivity contribution in [1.82, 2.24) is 9.97 Å². The van der Waals surface area contributed by atoms with Crippen molar-refractivity contribution in [2.24, 2.45) is 16.4 Å². The van der Waals surface area contributed by atoms with E-state index in [4.69, 9.17) is 4.74 Å². The molecule has 2 heterocycles. The second-order valence-electron chi connectivity index (χ2n) is 8.30. The van der Waals surface area contributed by atoms with Gasteiger partial charge < -0.3 is 4.74 Å². The van der Waals surface area contributed by atoms with E-state index in [1.54, 1.807) is 19.7 Å². The molecule has 1 N–H and O–H groups in total. The van der Waals surface area contributed by atoms with Gasteiger partial charge in [0.15, 0.2) is 5.82 Å². The van der Waals surface area contributed by atoms with Crippen LogP contribution >= 0.6 is 11.3 Å². The Balaban J connectivity index is 1.65. The molecular weight excluding hydrogens is 380 g/mol. The minimum absolute atomic E-state index is 0.344. The predicted octanol–water partition coefficient (Wildman–Crippen LogP) is 5.69. The Hall–Kier alpha value is -2.47. The van der Waals surface area contributed by atoms with E-state index in [9.17, 15) is 0 Å². The second-order valence-corrected chi connectivity index (χ2v) is 9.38. The Morgan fingerprint density at radius 1 is 1.31 bits per heavy atom.